The van der Waals surface area contributed by atoms with Crippen molar-refractivity contribution in [2.75, 3.05) is 37.9 Å². The maximum Gasteiger partial charge on any atom is 0.412 e. The van der Waals surface area contributed by atoms with Gasteiger partial charge in [-0.25, -0.2) is 9.78 Å². The molecule has 1 amide bonds. The van der Waals surface area contributed by atoms with Crippen molar-refractivity contribution in [3.05, 3.63) is 53.7 Å². The van der Waals surface area contributed by atoms with Crippen LogP contribution in [0.3, 0.4) is 0 Å². The number of rotatable bonds is 7. The number of aromatic nitrogens is 1. The van der Waals surface area contributed by atoms with E-state index in [-0.39, 0.29) is 24.0 Å². The van der Waals surface area contributed by atoms with Gasteiger partial charge < -0.3 is 20.3 Å². The first-order chi connectivity index (χ1) is 14.7. The van der Waals surface area contributed by atoms with Gasteiger partial charge in [-0.15, -0.1) is 24.0 Å². The van der Waals surface area contributed by atoms with E-state index in [0.29, 0.717) is 12.2 Å². The van der Waals surface area contributed by atoms with E-state index < -0.39 is 11.7 Å². The van der Waals surface area contributed by atoms with Crippen LogP contribution in [-0.4, -0.2) is 50.3 Å². The number of hydrogen-bond acceptors (Lipinski definition) is 5. The largest absolute Gasteiger partial charge is 0.444 e. The highest BCUT2D eigenvalue weighted by molar-refractivity contribution is 14.0. The van der Waals surface area contributed by atoms with Crippen molar-refractivity contribution in [1.29, 1.82) is 0 Å². The molecular weight excluding hydrogens is 519 g/mol. The number of carbonyl (C=O) groups is 1. The highest BCUT2D eigenvalue weighted by atomic mass is 127. The molecule has 176 valence electrons. The Hall–Kier alpha value is -2.56. The fraction of sp³-hybridized carbons (Fsp3) is 0.435. The zero-order chi connectivity index (χ0) is 22.9. The van der Waals surface area contributed by atoms with Crippen molar-refractivity contribution in [3.8, 4) is 0 Å². The average Bonchev–Trinajstić information content (AvgIpc) is 2.70. The van der Waals surface area contributed by atoms with Crippen LogP contribution < -0.4 is 20.9 Å². The van der Waals surface area contributed by atoms with Crippen molar-refractivity contribution >= 4 is 47.5 Å². The quantitative estimate of drug-likeness (QED) is 0.272. The Morgan fingerprint density at radius 2 is 1.81 bits per heavy atom. The molecule has 9 heteroatoms. The lowest BCUT2D eigenvalue weighted by Gasteiger charge is -2.19. The maximum absolute atomic E-state index is 11.8. The fourth-order valence-electron chi connectivity index (χ4n) is 2.87. The van der Waals surface area contributed by atoms with Gasteiger partial charge in [0.05, 0.1) is 0 Å². The molecule has 32 heavy (non-hydrogen) atoms. The van der Waals surface area contributed by atoms with Gasteiger partial charge in [0, 0.05) is 51.7 Å². The fourth-order valence-corrected chi connectivity index (χ4v) is 2.87. The predicted molar refractivity (Wildman–Crippen MR) is 142 cm³/mol. The van der Waals surface area contributed by atoms with Gasteiger partial charge in [-0.2, -0.15) is 0 Å². The van der Waals surface area contributed by atoms with E-state index >= 15 is 0 Å². The molecule has 0 aliphatic rings. The van der Waals surface area contributed by atoms with Crippen LogP contribution in [0.2, 0.25) is 0 Å². The third-order valence-corrected chi connectivity index (χ3v) is 4.27. The van der Waals surface area contributed by atoms with Gasteiger partial charge in [0.1, 0.15) is 11.4 Å². The number of anilines is 2. The van der Waals surface area contributed by atoms with Crippen molar-refractivity contribution in [1.82, 2.24) is 15.6 Å². The van der Waals surface area contributed by atoms with Gasteiger partial charge in [-0.3, -0.25) is 10.3 Å². The summed E-state index contributed by atoms with van der Waals surface area (Å²) in [6.45, 7) is 6.87. The lowest BCUT2D eigenvalue weighted by atomic mass is 10.1. The number of amides is 1. The minimum Gasteiger partial charge on any atom is -0.444 e. The number of aliphatic imine (C=N–C) groups is 1. The second-order valence-corrected chi connectivity index (χ2v) is 8.31. The van der Waals surface area contributed by atoms with Crippen molar-refractivity contribution in [2.45, 2.75) is 39.3 Å². The average molecular weight is 554 g/mol. The number of halogens is 1. The van der Waals surface area contributed by atoms with E-state index in [1.165, 1.54) is 0 Å². The van der Waals surface area contributed by atoms with Crippen LogP contribution >= 0.6 is 24.0 Å². The van der Waals surface area contributed by atoms with E-state index in [1.54, 1.807) is 13.2 Å². The van der Waals surface area contributed by atoms with Crippen molar-refractivity contribution in [3.63, 3.8) is 0 Å². The minimum atomic E-state index is -0.521. The summed E-state index contributed by atoms with van der Waals surface area (Å²) in [6.07, 6.45) is 2.16. The van der Waals surface area contributed by atoms with Crippen LogP contribution in [0.1, 0.15) is 31.9 Å². The molecule has 0 radical (unpaired) electrons. The SMILES string of the molecule is CN=C(NCCc1ccc(NC(=O)OC(C)(C)C)cc1)NCc1cccnc1N(C)C.I. The third kappa shape index (κ3) is 9.71. The normalized spacial score (nSPS) is 11.2. The molecule has 0 atom stereocenters. The number of carbonyl (C=O) groups excluding carboxylic acids is 1. The summed E-state index contributed by atoms with van der Waals surface area (Å²) in [7, 11) is 5.71. The lowest BCUT2D eigenvalue weighted by Crippen LogP contribution is -2.38. The molecular formula is C23H35IN6O2. The number of nitrogens with zero attached hydrogens (tertiary/aromatic N) is 3. The Labute approximate surface area is 208 Å². The van der Waals surface area contributed by atoms with Gasteiger partial charge in [-0.05, 0) is 51.0 Å². The highest BCUT2D eigenvalue weighted by Crippen LogP contribution is 2.14. The van der Waals surface area contributed by atoms with Gasteiger partial charge in [0.2, 0.25) is 0 Å². The Morgan fingerprint density at radius 3 is 2.41 bits per heavy atom. The number of hydrogen-bond donors (Lipinski definition) is 3. The highest BCUT2D eigenvalue weighted by Gasteiger charge is 2.16. The monoisotopic (exact) mass is 554 g/mol. The maximum atomic E-state index is 11.8. The second kappa shape index (κ2) is 13.1. The molecule has 0 aliphatic heterocycles. The van der Waals surface area contributed by atoms with Crippen LogP contribution in [0.4, 0.5) is 16.3 Å². The van der Waals surface area contributed by atoms with E-state index in [2.05, 4.69) is 32.0 Å². The summed E-state index contributed by atoms with van der Waals surface area (Å²) >= 11 is 0. The molecule has 1 aromatic heterocycles. The molecule has 0 bridgehead atoms. The van der Waals surface area contributed by atoms with Crippen LogP contribution in [0.15, 0.2) is 47.6 Å². The zero-order valence-electron chi connectivity index (χ0n) is 19.7. The Bertz CT molecular complexity index is 879. The Balaban J connectivity index is 0.00000512. The van der Waals surface area contributed by atoms with E-state index in [0.717, 1.165) is 35.9 Å². The first-order valence-electron chi connectivity index (χ1n) is 10.3. The number of guanidine groups is 1. The van der Waals surface area contributed by atoms with E-state index in [4.69, 9.17) is 4.74 Å². The summed E-state index contributed by atoms with van der Waals surface area (Å²) in [5, 5.41) is 9.39. The molecule has 3 N–H and O–H groups in total. The molecule has 0 saturated heterocycles. The molecule has 2 aromatic rings. The predicted octanol–water partition coefficient (Wildman–Crippen LogP) is 4.02. The molecule has 8 nitrogen and oxygen atoms in total. The second-order valence-electron chi connectivity index (χ2n) is 8.31. The summed E-state index contributed by atoms with van der Waals surface area (Å²) < 4.78 is 5.26. The number of nitrogens with one attached hydrogen (secondary N) is 3. The Kier molecular flexibility index (Phi) is 11.2. The third-order valence-electron chi connectivity index (χ3n) is 4.27. The van der Waals surface area contributed by atoms with Crippen LogP contribution in [0.5, 0.6) is 0 Å². The molecule has 2 rings (SSSR count). The smallest absolute Gasteiger partial charge is 0.412 e. The zero-order valence-corrected chi connectivity index (χ0v) is 22.1. The van der Waals surface area contributed by atoms with Gasteiger partial charge >= 0.3 is 6.09 Å². The summed E-state index contributed by atoms with van der Waals surface area (Å²) in [5.41, 5.74) is 2.44. The van der Waals surface area contributed by atoms with Gasteiger partial charge in [0.25, 0.3) is 0 Å². The number of ether oxygens (including phenoxy) is 1. The first kappa shape index (κ1) is 27.5. The molecule has 1 heterocycles. The first-order valence-corrected chi connectivity index (χ1v) is 10.3. The van der Waals surface area contributed by atoms with Crippen LogP contribution in [0, 0.1) is 0 Å². The summed E-state index contributed by atoms with van der Waals surface area (Å²) in [6, 6.07) is 11.7. The molecule has 0 spiro atoms. The Morgan fingerprint density at radius 1 is 1.12 bits per heavy atom. The summed E-state index contributed by atoms with van der Waals surface area (Å²) in [5.74, 6) is 1.67. The molecule has 1 aromatic carbocycles. The topological polar surface area (TPSA) is 90.9 Å². The molecule has 0 aliphatic carbocycles. The number of benzene rings is 1. The van der Waals surface area contributed by atoms with Crippen LogP contribution in [-0.2, 0) is 17.7 Å². The van der Waals surface area contributed by atoms with E-state index in [9.17, 15) is 4.79 Å². The molecule has 0 fully saturated rings. The molecule has 0 unspecified atom stereocenters. The van der Waals surface area contributed by atoms with Gasteiger partial charge in [0.15, 0.2) is 5.96 Å². The lowest BCUT2D eigenvalue weighted by molar-refractivity contribution is 0.0636. The standard InChI is InChI=1S/C23H34N6O2.HI/c1-23(2,3)31-22(30)28-19-11-9-17(10-12-19)13-15-26-21(24-4)27-16-18-8-7-14-25-20(18)29(5)6;/h7-12,14H,13,15-16H2,1-6H3,(H,28,30)(H2,24,26,27);1H. The minimum absolute atomic E-state index is 0. The molecule has 0 saturated carbocycles. The van der Waals surface area contributed by atoms with Crippen molar-refractivity contribution in [2.24, 2.45) is 4.99 Å². The summed E-state index contributed by atoms with van der Waals surface area (Å²) in [4.78, 5) is 22.5. The van der Waals surface area contributed by atoms with Crippen molar-refractivity contribution < 1.29 is 9.53 Å². The van der Waals surface area contributed by atoms with Crippen LogP contribution in [0.25, 0.3) is 0 Å². The number of pyridine rings is 1. The van der Waals surface area contributed by atoms with Gasteiger partial charge in [-0.1, -0.05) is 18.2 Å². The van der Waals surface area contributed by atoms with E-state index in [1.807, 2.05) is 70.1 Å².